The number of carbonyl (C=O) groups is 2. The molecule has 3 unspecified atom stereocenters. The summed E-state index contributed by atoms with van der Waals surface area (Å²) >= 11 is 0. The number of ether oxygens (including phenoxy) is 1. The molecule has 0 aromatic carbocycles. The largest absolute Gasteiger partial charge is 0.480 e. The van der Waals surface area contributed by atoms with Crippen LogP contribution in [-0.4, -0.2) is 59.0 Å². The molecule has 0 bridgehead atoms. The number of aliphatic hydroxyl groups excluding tert-OH is 1. The molecule has 0 heterocycles. The van der Waals surface area contributed by atoms with Gasteiger partial charge in [0.2, 0.25) is 0 Å². The number of aliphatic hydroxyl groups is 1. The van der Waals surface area contributed by atoms with Gasteiger partial charge in [-0.15, -0.1) is 0 Å². The second-order valence-corrected chi connectivity index (χ2v) is 6.61. The maximum absolute atomic E-state index is 11.4. The van der Waals surface area contributed by atoms with Crippen LogP contribution in [0.4, 0.5) is 0 Å². The first-order valence-corrected chi connectivity index (χ1v) is 9.11. The summed E-state index contributed by atoms with van der Waals surface area (Å²) in [4.78, 5) is 31.1. The molecule has 0 aromatic rings. The highest BCUT2D eigenvalue weighted by Crippen LogP contribution is 2.43. The van der Waals surface area contributed by atoms with Gasteiger partial charge in [0.1, 0.15) is 18.8 Å². The highest BCUT2D eigenvalue weighted by Gasteiger charge is 2.26. The van der Waals surface area contributed by atoms with Crippen molar-refractivity contribution in [2.75, 3.05) is 19.8 Å². The van der Waals surface area contributed by atoms with Crippen molar-refractivity contribution in [2.24, 2.45) is 5.73 Å². The number of nitrogens with two attached hydrogens (primary N) is 1. The van der Waals surface area contributed by atoms with Crippen molar-refractivity contribution in [2.45, 2.75) is 51.2 Å². The smallest absolute Gasteiger partial charge is 0.472 e. The van der Waals surface area contributed by atoms with E-state index in [-0.39, 0.29) is 13.0 Å². The molecule has 5 N–H and O–H groups in total. The minimum absolute atomic E-state index is 0.238. The predicted molar refractivity (Wildman–Crippen MR) is 83.1 cm³/mol. The summed E-state index contributed by atoms with van der Waals surface area (Å²) in [5.41, 5.74) is 5.10. The van der Waals surface area contributed by atoms with Crippen LogP contribution in [0.15, 0.2) is 0 Å². The first kappa shape index (κ1) is 23.0. The van der Waals surface area contributed by atoms with E-state index in [0.717, 1.165) is 19.3 Å². The van der Waals surface area contributed by atoms with E-state index in [1.807, 2.05) is 6.92 Å². The fourth-order valence-electron chi connectivity index (χ4n) is 1.47. The number of esters is 1. The Bertz CT molecular complexity index is 432. The molecule has 24 heavy (non-hydrogen) atoms. The Hall–Kier alpha value is -1.03. The Morgan fingerprint density at radius 3 is 2.33 bits per heavy atom. The summed E-state index contributed by atoms with van der Waals surface area (Å²) in [5.74, 6) is -1.87. The summed E-state index contributed by atoms with van der Waals surface area (Å²) in [6.07, 6.45) is 2.61. The number of phosphoric ester groups is 1. The Morgan fingerprint density at radius 1 is 1.12 bits per heavy atom. The minimum atomic E-state index is -4.56. The number of carboxylic acid groups (broad SMARTS) is 1. The average Bonchev–Trinajstić information content (AvgIpc) is 2.52. The Balaban J connectivity index is 3.90. The lowest BCUT2D eigenvalue weighted by Crippen LogP contribution is -2.34. The quantitative estimate of drug-likeness (QED) is 0.191. The average molecular weight is 371 g/mol. The number of phosphoric acid groups is 1. The molecule has 0 spiro atoms. The van der Waals surface area contributed by atoms with Gasteiger partial charge in [-0.1, -0.05) is 26.2 Å². The molecule has 3 atom stereocenters. The SMILES string of the molecule is CCCCCCC(=O)OCC(O)COP(=O)(O)OCC(N)C(=O)O. The molecule has 0 aromatic heterocycles. The van der Waals surface area contributed by atoms with Gasteiger partial charge in [0, 0.05) is 6.42 Å². The van der Waals surface area contributed by atoms with Crippen LogP contribution in [0.2, 0.25) is 0 Å². The Labute approximate surface area is 140 Å². The molecule has 0 aliphatic heterocycles. The van der Waals surface area contributed by atoms with E-state index >= 15 is 0 Å². The number of unbranched alkanes of at least 4 members (excludes halogenated alkanes) is 3. The number of carboxylic acids is 1. The van der Waals surface area contributed by atoms with E-state index < -0.39 is 45.1 Å². The van der Waals surface area contributed by atoms with E-state index in [4.69, 9.17) is 15.6 Å². The molecule has 0 aliphatic rings. The van der Waals surface area contributed by atoms with Crippen LogP contribution in [0, 0.1) is 0 Å². The van der Waals surface area contributed by atoms with Gasteiger partial charge in [-0.3, -0.25) is 18.6 Å². The summed E-state index contributed by atoms with van der Waals surface area (Å²) in [5, 5.41) is 18.0. The van der Waals surface area contributed by atoms with E-state index in [2.05, 4.69) is 9.05 Å². The van der Waals surface area contributed by atoms with Crippen LogP contribution in [0.3, 0.4) is 0 Å². The van der Waals surface area contributed by atoms with Crippen LogP contribution >= 0.6 is 7.82 Å². The number of hydrogen-bond acceptors (Lipinski definition) is 8. The van der Waals surface area contributed by atoms with Gasteiger partial charge in [-0.2, -0.15) is 0 Å². The van der Waals surface area contributed by atoms with Crippen LogP contribution in [0.25, 0.3) is 0 Å². The normalized spacial score (nSPS) is 16.2. The lowest BCUT2D eigenvalue weighted by atomic mass is 10.2. The second-order valence-electron chi connectivity index (χ2n) is 5.15. The molecule has 142 valence electrons. The molecule has 0 saturated heterocycles. The van der Waals surface area contributed by atoms with Crippen molar-refractivity contribution in [1.29, 1.82) is 0 Å². The Morgan fingerprint density at radius 2 is 1.75 bits per heavy atom. The molecule has 0 saturated carbocycles. The van der Waals surface area contributed by atoms with Crippen molar-refractivity contribution in [3.63, 3.8) is 0 Å². The lowest BCUT2D eigenvalue weighted by Gasteiger charge is -2.16. The zero-order valence-corrected chi connectivity index (χ0v) is 14.5. The zero-order valence-electron chi connectivity index (χ0n) is 13.6. The predicted octanol–water partition coefficient (Wildman–Crippen LogP) is 0.406. The summed E-state index contributed by atoms with van der Waals surface area (Å²) < 4.78 is 25.1. The van der Waals surface area contributed by atoms with Gasteiger partial charge in [0.25, 0.3) is 0 Å². The van der Waals surface area contributed by atoms with Crippen LogP contribution in [0.5, 0.6) is 0 Å². The first-order chi connectivity index (χ1) is 11.2. The molecule has 0 aliphatic carbocycles. The van der Waals surface area contributed by atoms with Crippen molar-refractivity contribution in [1.82, 2.24) is 0 Å². The van der Waals surface area contributed by atoms with Gasteiger partial charge in [0.15, 0.2) is 0 Å². The summed E-state index contributed by atoms with van der Waals surface area (Å²) in [7, 11) is -4.56. The summed E-state index contributed by atoms with van der Waals surface area (Å²) in [6, 6.07) is -1.48. The number of hydrogen-bond donors (Lipinski definition) is 4. The fourth-order valence-corrected chi connectivity index (χ4v) is 2.25. The molecule has 0 amide bonds. The van der Waals surface area contributed by atoms with Crippen LogP contribution in [-0.2, 0) is 27.9 Å². The van der Waals surface area contributed by atoms with Crippen LogP contribution < -0.4 is 5.73 Å². The molecular formula is C13H26NO9P. The van der Waals surface area contributed by atoms with E-state index in [0.29, 0.717) is 6.42 Å². The van der Waals surface area contributed by atoms with Gasteiger partial charge >= 0.3 is 19.8 Å². The van der Waals surface area contributed by atoms with Crippen LogP contribution in [0.1, 0.15) is 39.0 Å². The molecule has 10 nitrogen and oxygen atoms in total. The van der Waals surface area contributed by atoms with Crippen molar-refractivity contribution in [3.8, 4) is 0 Å². The third kappa shape index (κ3) is 12.4. The van der Waals surface area contributed by atoms with Gasteiger partial charge in [0.05, 0.1) is 13.2 Å². The standard InChI is InChI=1S/C13H26NO9P/c1-2-3-4-5-6-12(16)21-7-10(15)8-22-24(19,20)23-9-11(14)13(17)18/h10-11,15H,2-9,14H2,1H3,(H,17,18)(H,19,20). The van der Waals surface area contributed by atoms with Gasteiger partial charge < -0.3 is 25.6 Å². The number of aliphatic carboxylic acids is 1. The topological polar surface area (TPSA) is 166 Å². The molecule has 0 fully saturated rings. The zero-order chi connectivity index (χ0) is 18.6. The van der Waals surface area contributed by atoms with Gasteiger partial charge in [-0.25, -0.2) is 4.57 Å². The van der Waals surface area contributed by atoms with Crippen molar-refractivity contribution in [3.05, 3.63) is 0 Å². The summed E-state index contributed by atoms with van der Waals surface area (Å²) in [6.45, 7) is 0.306. The monoisotopic (exact) mass is 371 g/mol. The van der Waals surface area contributed by atoms with Crippen molar-refractivity contribution < 1.29 is 43.0 Å². The number of carbonyl (C=O) groups excluding carboxylic acids is 1. The molecular weight excluding hydrogens is 345 g/mol. The van der Waals surface area contributed by atoms with E-state index in [9.17, 15) is 24.2 Å². The van der Waals surface area contributed by atoms with Gasteiger partial charge in [-0.05, 0) is 6.42 Å². The highest BCUT2D eigenvalue weighted by molar-refractivity contribution is 7.47. The van der Waals surface area contributed by atoms with E-state index in [1.165, 1.54) is 0 Å². The molecule has 11 heteroatoms. The maximum atomic E-state index is 11.4. The maximum Gasteiger partial charge on any atom is 0.472 e. The van der Waals surface area contributed by atoms with E-state index in [1.54, 1.807) is 0 Å². The third-order valence-electron chi connectivity index (χ3n) is 2.84. The second kappa shape index (κ2) is 12.3. The minimum Gasteiger partial charge on any atom is -0.480 e. The first-order valence-electron chi connectivity index (χ1n) is 7.62. The molecule has 0 rings (SSSR count). The lowest BCUT2D eigenvalue weighted by molar-refractivity contribution is -0.147. The Kier molecular flexibility index (Phi) is 11.8. The fraction of sp³-hybridized carbons (Fsp3) is 0.846. The highest BCUT2D eigenvalue weighted by atomic mass is 31.2. The number of rotatable bonds is 14. The van der Waals surface area contributed by atoms with Crippen molar-refractivity contribution >= 4 is 19.8 Å². The third-order valence-corrected chi connectivity index (χ3v) is 3.79. The molecule has 0 radical (unpaired) electrons.